The Bertz CT molecular complexity index is 654. The third kappa shape index (κ3) is 4.12. The minimum atomic E-state index is -0.152. The largest absolute Gasteiger partial charge is 0.366 e. The minimum absolute atomic E-state index is 0.125. The second-order valence-corrected chi connectivity index (χ2v) is 5.55. The van der Waals surface area contributed by atoms with Gasteiger partial charge >= 0.3 is 0 Å². The van der Waals surface area contributed by atoms with Crippen LogP contribution in [0.15, 0.2) is 29.8 Å². The molecule has 1 rings (SSSR count). The summed E-state index contributed by atoms with van der Waals surface area (Å²) in [6.07, 6.45) is 2.09. The molecule has 0 N–H and O–H groups in total. The van der Waals surface area contributed by atoms with Crippen molar-refractivity contribution in [1.29, 1.82) is 15.8 Å². The van der Waals surface area contributed by atoms with Crippen LogP contribution in [0.1, 0.15) is 46.1 Å². The molecule has 2 atom stereocenters. The van der Waals surface area contributed by atoms with Crippen molar-refractivity contribution in [2.45, 2.75) is 52.6 Å². The molecular formula is C19H22N4. The SMILES string of the molecule is CCC(C)N(c1ccc(C(C#N)=C(C#N)C#N)cc1)C(C)CC. The smallest absolute Gasteiger partial charge is 0.148 e. The predicted octanol–water partition coefficient (Wildman–Crippen LogP) is 4.41. The van der Waals surface area contributed by atoms with Crippen LogP contribution in [0, 0.1) is 34.0 Å². The van der Waals surface area contributed by atoms with E-state index in [1.54, 1.807) is 24.3 Å². The van der Waals surface area contributed by atoms with Crippen molar-refractivity contribution in [3.8, 4) is 18.2 Å². The first-order valence-corrected chi connectivity index (χ1v) is 7.87. The van der Waals surface area contributed by atoms with Crippen molar-refractivity contribution in [3.05, 3.63) is 35.4 Å². The summed E-state index contributed by atoms with van der Waals surface area (Å²) in [5.41, 5.74) is 1.66. The average molecular weight is 306 g/mol. The maximum absolute atomic E-state index is 9.22. The second kappa shape index (κ2) is 8.62. The molecule has 0 amide bonds. The fourth-order valence-corrected chi connectivity index (χ4v) is 2.54. The maximum Gasteiger partial charge on any atom is 0.148 e. The Balaban J connectivity index is 3.27. The van der Waals surface area contributed by atoms with Gasteiger partial charge in [-0.15, -0.1) is 0 Å². The van der Waals surface area contributed by atoms with Gasteiger partial charge in [0, 0.05) is 17.8 Å². The highest BCUT2D eigenvalue weighted by molar-refractivity contribution is 5.84. The van der Waals surface area contributed by atoms with Crippen molar-refractivity contribution in [2.75, 3.05) is 4.90 Å². The molecule has 0 fully saturated rings. The Kier molecular flexibility index (Phi) is 6.85. The van der Waals surface area contributed by atoms with E-state index in [9.17, 15) is 5.26 Å². The average Bonchev–Trinajstić information content (AvgIpc) is 2.60. The molecule has 0 aliphatic carbocycles. The highest BCUT2D eigenvalue weighted by atomic mass is 15.2. The van der Waals surface area contributed by atoms with E-state index in [0.29, 0.717) is 17.6 Å². The molecule has 2 unspecified atom stereocenters. The van der Waals surface area contributed by atoms with Gasteiger partial charge in [0.25, 0.3) is 0 Å². The van der Waals surface area contributed by atoms with E-state index in [-0.39, 0.29) is 11.1 Å². The lowest BCUT2D eigenvalue weighted by molar-refractivity contribution is 0.527. The molecule has 0 saturated carbocycles. The van der Waals surface area contributed by atoms with E-state index in [4.69, 9.17) is 10.5 Å². The van der Waals surface area contributed by atoms with Gasteiger partial charge in [0.2, 0.25) is 0 Å². The molecule has 0 aliphatic heterocycles. The Morgan fingerprint density at radius 1 is 0.913 bits per heavy atom. The van der Waals surface area contributed by atoms with Gasteiger partial charge in [0.15, 0.2) is 0 Å². The van der Waals surface area contributed by atoms with Gasteiger partial charge in [0.1, 0.15) is 23.8 Å². The minimum Gasteiger partial charge on any atom is -0.366 e. The van der Waals surface area contributed by atoms with Gasteiger partial charge in [-0.25, -0.2) is 0 Å². The zero-order chi connectivity index (χ0) is 17.4. The summed E-state index contributed by atoms with van der Waals surface area (Å²) in [5.74, 6) is 0. The monoisotopic (exact) mass is 306 g/mol. The van der Waals surface area contributed by atoms with Crippen molar-refractivity contribution in [1.82, 2.24) is 0 Å². The Labute approximate surface area is 138 Å². The molecule has 0 heterocycles. The van der Waals surface area contributed by atoms with Crippen LogP contribution in [0.5, 0.6) is 0 Å². The van der Waals surface area contributed by atoms with Crippen molar-refractivity contribution in [3.63, 3.8) is 0 Å². The van der Waals surface area contributed by atoms with E-state index in [1.807, 2.05) is 18.2 Å². The molecule has 1 aromatic rings. The number of benzene rings is 1. The van der Waals surface area contributed by atoms with Gasteiger partial charge in [-0.3, -0.25) is 0 Å². The summed E-state index contributed by atoms with van der Waals surface area (Å²) in [4.78, 5) is 2.37. The molecule has 1 aromatic carbocycles. The molecule has 118 valence electrons. The van der Waals surface area contributed by atoms with Crippen LogP contribution >= 0.6 is 0 Å². The first-order chi connectivity index (χ1) is 11.0. The molecule has 0 aromatic heterocycles. The van der Waals surface area contributed by atoms with Gasteiger partial charge < -0.3 is 4.90 Å². The summed E-state index contributed by atoms with van der Waals surface area (Å²) < 4.78 is 0. The van der Waals surface area contributed by atoms with Gasteiger partial charge in [0.05, 0.1) is 5.57 Å². The number of allylic oxidation sites excluding steroid dienone is 2. The van der Waals surface area contributed by atoms with Gasteiger partial charge in [-0.1, -0.05) is 26.0 Å². The predicted molar refractivity (Wildman–Crippen MR) is 92.2 cm³/mol. The number of rotatable bonds is 6. The van der Waals surface area contributed by atoms with Crippen molar-refractivity contribution in [2.24, 2.45) is 0 Å². The van der Waals surface area contributed by atoms with Crippen molar-refractivity contribution >= 4 is 11.3 Å². The lowest BCUT2D eigenvalue weighted by Gasteiger charge is -2.36. The van der Waals surface area contributed by atoms with Crippen LogP contribution in [0.3, 0.4) is 0 Å². The van der Waals surface area contributed by atoms with Gasteiger partial charge in [-0.05, 0) is 44.4 Å². The number of anilines is 1. The lowest BCUT2D eigenvalue weighted by atomic mass is 10.0. The first-order valence-electron chi connectivity index (χ1n) is 7.87. The summed E-state index contributed by atoms with van der Waals surface area (Å²) >= 11 is 0. The first kappa shape index (κ1) is 18.3. The zero-order valence-electron chi connectivity index (χ0n) is 14.2. The standard InChI is InChI=1S/C19H22N4/c1-5-14(3)23(15(4)6-2)18-9-7-16(8-10-18)19(13-22)17(11-20)12-21/h7-10,14-15H,5-6H2,1-4H3. The van der Waals surface area contributed by atoms with Crippen LogP contribution < -0.4 is 4.90 Å². The van der Waals surface area contributed by atoms with Crippen LogP contribution in [-0.4, -0.2) is 12.1 Å². The molecular weight excluding hydrogens is 284 g/mol. The molecule has 0 aliphatic rings. The molecule has 0 bridgehead atoms. The number of hydrogen-bond acceptors (Lipinski definition) is 4. The number of nitriles is 3. The zero-order valence-corrected chi connectivity index (χ0v) is 14.2. The highest BCUT2D eigenvalue weighted by Gasteiger charge is 2.18. The van der Waals surface area contributed by atoms with E-state index >= 15 is 0 Å². The Morgan fingerprint density at radius 3 is 1.74 bits per heavy atom. The maximum atomic E-state index is 9.22. The highest BCUT2D eigenvalue weighted by Crippen LogP contribution is 2.26. The number of hydrogen-bond donors (Lipinski definition) is 0. The molecule has 4 heteroatoms. The Morgan fingerprint density at radius 2 is 1.39 bits per heavy atom. The summed E-state index contributed by atoms with van der Waals surface area (Å²) in [7, 11) is 0. The fraction of sp³-hybridized carbons (Fsp3) is 0.421. The number of nitrogens with zero attached hydrogens (tertiary/aromatic N) is 4. The summed E-state index contributed by atoms with van der Waals surface area (Å²) in [5, 5.41) is 27.1. The van der Waals surface area contributed by atoms with E-state index in [0.717, 1.165) is 18.5 Å². The van der Waals surface area contributed by atoms with E-state index < -0.39 is 0 Å². The van der Waals surface area contributed by atoms with Crippen LogP contribution in [-0.2, 0) is 0 Å². The van der Waals surface area contributed by atoms with Gasteiger partial charge in [-0.2, -0.15) is 15.8 Å². The molecule has 4 nitrogen and oxygen atoms in total. The summed E-state index contributed by atoms with van der Waals surface area (Å²) in [6, 6.07) is 13.9. The van der Waals surface area contributed by atoms with Crippen LogP contribution in [0.4, 0.5) is 5.69 Å². The summed E-state index contributed by atoms with van der Waals surface area (Å²) in [6.45, 7) is 8.72. The van der Waals surface area contributed by atoms with E-state index in [2.05, 4.69) is 32.6 Å². The van der Waals surface area contributed by atoms with Crippen LogP contribution in [0.2, 0.25) is 0 Å². The quantitative estimate of drug-likeness (QED) is 0.729. The third-order valence-electron chi connectivity index (χ3n) is 4.17. The van der Waals surface area contributed by atoms with E-state index in [1.165, 1.54) is 0 Å². The molecule has 0 spiro atoms. The lowest BCUT2D eigenvalue weighted by Crippen LogP contribution is -2.39. The molecule has 0 radical (unpaired) electrons. The fourth-order valence-electron chi connectivity index (χ4n) is 2.54. The Hall–Kier alpha value is -2.77. The topological polar surface area (TPSA) is 74.6 Å². The van der Waals surface area contributed by atoms with Crippen LogP contribution in [0.25, 0.3) is 5.57 Å². The molecule has 23 heavy (non-hydrogen) atoms. The van der Waals surface area contributed by atoms with Crippen molar-refractivity contribution < 1.29 is 0 Å². The second-order valence-electron chi connectivity index (χ2n) is 5.55. The third-order valence-corrected chi connectivity index (χ3v) is 4.17. The normalized spacial score (nSPS) is 12.2. The molecule has 0 saturated heterocycles.